The summed E-state index contributed by atoms with van der Waals surface area (Å²) in [5, 5.41) is 12.0. The van der Waals surface area contributed by atoms with Gasteiger partial charge in [0, 0.05) is 37.0 Å². The lowest BCUT2D eigenvalue weighted by Gasteiger charge is -2.30. The maximum atomic E-state index is 12.1. The Bertz CT molecular complexity index is 505. The van der Waals surface area contributed by atoms with Crippen molar-refractivity contribution in [2.75, 3.05) is 13.6 Å². The van der Waals surface area contributed by atoms with Crippen molar-refractivity contribution in [3.05, 3.63) is 34.9 Å². The number of hydrogen-bond donors (Lipinski definition) is 2. The van der Waals surface area contributed by atoms with E-state index in [4.69, 9.17) is 16.7 Å². The van der Waals surface area contributed by atoms with Gasteiger partial charge in [0.15, 0.2) is 0 Å². The molecule has 0 saturated carbocycles. The Morgan fingerprint density at radius 3 is 2.41 bits per heavy atom. The molecule has 0 heterocycles. The number of carbonyl (C=O) groups excluding carboxylic acids is 1. The fourth-order valence-corrected chi connectivity index (χ4v) is 2.25. The monoisotopic (exact) mass is 326 g/mol. The number of rotatable bonds is 7. The van der Waals surface area contributed by atoms with Crippen molar-refractivity contribution in [1.29, 1.82) is 0 Å². The molecule has 22 heavy (non-hydrogen) atoms. The number of amides is 2. The fourth-order valence-electron chi connectivity index (χ4n) is 2.12. The highest BCUT2D eigenvalue weighted by molar-refractivity contribution is 6.30. The third-order valence-electron chi connectivity index (χ3n) is 3.89. The van der Waals surface area contributed by atoms with Crippen LogP contribution in [0.2, 0.25) is 5.02 Å². The first-order chi connectivity index (χ1) is 10.3. The van der Waals surface area contributed by atoms with E-state index < -0.39 is 5.97 Å². The Balaban J connectivity index is 2.52. The largest absolute Gasteiger partial charge is 0.481 e. The van der Waals surface area contributed by atoms with Gasteiger partial charge in [-0.05, 0) is 31.0 Å². The minimum atomic E-state index is -0.854. The molecule has 1 rings (SSSR count). The van der Waals surface area contributed by atoms with Crippen LogP contribution in [0.3, 0.4) is 0 Å². The molecule has 6 heteroatoms. The predicted molar refractivity (Wildman–Crippen MR) is 87.4 cm³/mol. The minimum Gasteiger partial charge on any atom is -0.481 e. The summed E-state index contributed by atoms with van der Waals surface area (Å²) in [5.74, 6) is -0.695. The van der Waals surface area contributed by atoms with Crippen LogP contribution >= 0.6 is 11.6 Å². The molecular weight excluding hydrogens is 304 g/mol. The number of urea groups is 1. The fraction of sp³-hybridized carbons (Fsp3) is 0.500. The second kappa shape index (κ2) is 8.63. The molecule has 0 aromatic heterocycles. The molecule has 122 valence electrons. The van der Waals surface area contributed by atoms with Crippen LogP contribution in [0.5, 0.6) is 0 Å². The summed E-state index contributed by atoms with van der Waals surface area (Å²) in [6, 6.07) is 7.40. The molecule has 2 atom stereocenters. The van der Waals surface area contributed by atoms with Gasteiger partial charge in [-0.1, -0.05) is 30.7 Å². The molecule has 2 amide bonds. The van der Waals surface area contributed by atoms with Crippen molar-refractivity contribution in [3.63, 3.8) is 0 Å². The van der Waals surface area contributed by atoms with Crippen molar-refractivity contribution >= 4 is 23.6 Å². The zero-order valence-corrected chi connectivity index (χ0v) is 13.9. The lowest BCUT2D eigenvalue weighted by atomic mass is 9.94. The van der Waals surface area contributed by atoms with Crippen molar-refractivity contribution in [2.24, 2.45) is 0 Å². The second-order valence-electron chi connectivity index (χ2n) is 5.42. The summed E-state index contributed by atoms with van der Waals surface area (Å²) in [4.78, 5) is 24.1. The van der Waals surface area contributed by atoms with Crippen LogP contribution in [0, 0.1) is 0 Å². The lowest BCUT2D eigenvalue weighted by molar-refractivity contribution is -0.137. The summed E-state index contributed by atoms with van der Waals surface area (Å²) in [6.45, 7) is 4.40. The van der Waals surface area contributed by atoms with Gasteiger partial charge in [-0.2, -0.15) is 0 Å². The molecular formula is C16H23ClN2O3. The molecule has 2 unspecified atom stereocenters. The van der Waals surface area contributed by atoms with Gasteiger partial charge in [0.25, 0.3) is 0 Å². The lowest BCUT2D eigenvalue weighted by Crippen LogP contribution is -2.44. The number of carboxylic acid groups (broad SMARTS) is 1. The topological polar surface area (TPSA) is 69.6 Å². The molecule has 0 bridgehead atoms. The smallest absolute Gasteiger partial charge is 0.317 e. The van der Waals surface area contributed by atoms with Crippen molar-refractivity contribution in [3.8, 4) is 0 Å². The highest BCUT2D eigenvalue weighted by atomic mass is 35.5. The molecule has 5 nitrogen and oxygen atoms in total. The van der Waals surface area contributed by atoms with Crippen LogP contribution in [0.25, 0.3) is 0 Å². The summed E-state index contributed by atoms with van der Waals surface area (Å²) < 4.78 is 0. The number of aliphatic carboxylic acids is 1. The van der Waals surface area contributed by atoms with Crippen molar-refractivity contribution in [1.82, 2.24) is 10.2 Å². The Morgan fingerprint density at radius 1 is 1.27 bits per heavy atom. The van der Waals surface area contributed by atoms with Gasteiger partial charge in [0.2, 0.25) is 0 Å². The van der Waals surface area contributed by atoms with Gasteiger partial charge >= 0.3 is 12.0 Å². The standard InChI is InChI=1S/C16H23ClN2O3/c1-11(13-6-8-14(17)9-7-13)12(2)19(3)16(22)18-10-4-5-15(20)21/h6-9,11-12H,4-5,10H2,1-3H3,(H,18,22)(H,20,21). The van der Waals surface area contributed by atoms with Crippen molar-refractivity contribution < 1.29 is 14.7 Å². The van der Waals surface area contributed by atoms with Gasteiger partial charge < -0.3 is 15.3 Å². The van der Waals surface area contributed by atoms with Gasteiger partial charge in [0.05, 0.1) is 0 Å². The zero-order valence-electron chi connectivity index (χ0n) is 13.2. The van der Waals surface area contributed by atoms with E-state index in [9.17, 15) is 9.59 Å². The molecule has 0 saturated heterocycles. The molecule has 1 aromatic rings. The number of carbonyl (C=O) groups is 2. The summed E-state index contributed by atoms with van der Waals surface area (Å²) in [7, 11) is 1.74. The third-order valence-corrected chi connectivity index (χ3v) is 4.15. The normalized spacial score (nSPS) is 13.3. The van der Waals surface area contributed by atoms with Gasteiger partial charge in [-0.3, -0.25) is 4.79 Å². The zero-order chi connectivity index (χ0) is 16.7. The molecule has 0 spiro atoms. The Morgan fingerprint density at radius 2 is 1.86 bits per heavy atom. The predicted octanol–water partition coefficient (Wildman–Crippen LogP) is 3.34. The average Bonchev–Trinajstić information content (AvgIpc) is 2.49. The average molecular weight is 327 g/mol. The highest BCUT2D eigenvalue weighted by Crippen LogP contribution is 2.23. The van der Waals surface area contributed by atoms with Crippen LogP contribution in [0.1, 0.15) is 38.2 Å². The van der Waals surface area contributed by atoms with E-state index in [1.807, 2.05) is 31.2 Å². The van der Waals surface area contributed by atoms with Crippen LogP contribution < -0.4 is 5.32 Å². The SMILES string of the molecule is CC(c1ccc(Cl)cc1)C(C)N(C)C(=O)NCCCC(=O)O. The first kappa shape index (κ1) is 18.3. The van der Waals surface area contributed by atoms with Crippen LogP contribution in [0.15, 0.2) is 24.3 Å². The highest BCUT2D eigenvalue weighted by Gasteiger charge is 2.22. The number of halogens is 1. The quantitative estimate of drug-likeness (QED) is 0.755. The Kier molecular flexibility index (Phi) is 7.18. The van der Waals surface area contributed by atoms with E-state index in [0.29, 0.717) is 18.0 Å². The molecule has 0 aliphatic rings. The number of nitrogens with zero attached hydrogens (tertiary/aromatic N) is 1. The van der Waals surface area contributed by atoms with Crippen molar-refractivity contribution in [2.45, 2.75) is 38.6 Å². The van der Waals surface area contributed by atoms with E-state index in [1.54, 1.807) is 11.9 Å². The van der Waals surface area contributed by atoms with Crippen LogP contribution in [-0.4, -0.2) is 41.6 Å². The Labute approximate surface area is 136 Å². The van der Waals surface area contributed by atoms with E-state index in [1.165, 1.54) is 0 Å². The maximum Gasteiger partial charge on any atom is 0.317 e. The van der Waals surface area contributed by atoms with Gasteiger partial charge in [-0.25, -0.2) is 4.79 Å². The molecule has 0 aliphatic heterocycles. The number of carboxylic acids is 1. The number of nitrogens with one attached hydrogen (secondary N) is 1. The molecule has 1 aromatic carbocycles. The number of likely N-dealkylation sites (N-methyl/N-ethyl adjacent to an activating group) is 1. The summed E-state index contributed by atoms with van der Waals surface area (Å²) in [6.07, 6.45) is 0.483. The number of benzene rings is 1. The molecule has 2 N–H and O–H groups in total. The van der Waals surface area contributed by atoms with E-state index in [0.717, 1.165) is 5.56 Å². The van der Waals surface area contributed by atoms with Crippen LogP contribution in [-0.2, 0) is 4.79 Å². The van der Waals surface area contributed by atoms with Gasteiger partial charge in [-0.15, -0.1) is 0 Å². The maximum absolute atomic E-state index is 12.1. The second-order valence-corrected chi connectivity index (χ2v) is 5.86. The molecule has 0 radical (unpaired) electrons. The first-order valence-corrected chi connectivity index (χ1v) is 7.68. The first-order valence-electron chi connectivity index (χ1n) is 7.31. The summed E-state index contributed by atoms with van der Waals surface area (Å²) in [5.41, 5.74) is 1.11. The van der Waals surface area contributed by atoms with E-state index >= 15 is 0 Å². The van der Waals surface area contributed by atoms with Gasteiger partial charge in [0.1, 0.15) is 0 Å². The summed E-state index contributed by atoms with van der Waals surface area (Å²) >= 11 is 5.89. The third kappa shape index (κ3) is 5.56. The van der Waals surface area contributed by atoms with Crippen LogP contribution in [0.4, 0.5) is 4.79 Å². The van der Waals surface area contributed by atoms with E-state index in [2.05, 4.69) is 12.2 Å². The number of hydrogen-bond acceptors (Lipinski definition) is 2. The Hall–Kier alpha value is -1.75. The van der Waals surface area contributed by atoms with E-state index in [-0.39, 0.29) is 24.4 Å². The molecule has 0 fully saturated rings. The molecule has 0 aliphatic carbocycles. The minimum absolute atomic E-state index is 0.000601.